The van der Waals surface area contributed by atoms with Crippen molar-refractivity contribution in [3.05, 3.63) is 35.4 Å². The lowest BCUT2D eigenvalue weighted by molar-refractivity contribution is 0.497. The number of likely N-dealkylation sites (N-methyl/N-ethyl adjacent to an activating group) is 1. The topological polar surface area (TPSA) is 12.0 Å². The molecule has 1 fully saturated rings. The average Bonchev–Trinajstić information content (AvgIpc) is 2.48. The van der Waals surface area contributed by atoms with Gasteiger partial charge < -0.3 is 5.32 Å². The van der Waals surface area contributed by atoms with Crippen LogP contribution in [0.15, 0.2) is 18.2 Å². The zero-order chi connectivity index (χ0) is 14.5. The van der Waals surface area contributed by atoms with Crippen LogP contribution in [0.2, 0.25) is 0 Å². The van der Waals surface area contributed by atoms with E-state index in [-0.39, 0.29) is 0 Å². The predicted molar refractivity (Wildman–Crippen MR) is 85.7 cm³/mol. The van der Waals surface area contributed by atoms with E-state index < -0.39 is 11.6 Å². The van der Waals surface area contributed by atoms with Gasteiger partial charge in [0.1, 0.15) is 0 Å². The van der Waals surface area contributed by atoms with Crippen LogP contribution in [0.3, 0.4) is 0 Å². The zero-order valence-electron chi connectivity index (χ0n) is 11.9. The molecule has 3 atom stereocenters. The van der Waals surface area contributed by atoms with Crippen molar-refractivity contribution in [2.45, 2.75) is 36.3 Å². The van der Waals surface area contributed by atoms with Crippen molar-refractivity contribution in [2.75, 3.05) is 18.6 Å². The van der Waals surface area contributed by atoms with Crippen molar-refractivity contribution in [3.8, 4) is 0 Å². The van der Waals surface area contributed by atoms with Gasteiger partial charge in [0.25, 0.3) is 0 Å². The first kappa shape index (κ1) is 16.1. The van der Waals surface area contributed by atoms with Crippen LogP contribution in [0.4, 0.5) is 8.78 Å². The van der Waals surface area contributed by atoms with Gasteiger partial charge in [0.15, 0.2) is 11.6 Å². The number of hydrogen-bond donors (Lipinski definition) is 1. The van der Waals surface area contributed by atoms with Gasteiger partial charge in [0.2, 0.25) is 0 Å². The fourth-order valence-electron chi connectivity index (χ4n) is 2.61. The molecule has 0 saturated carbocycles. The minimum Gasteiger partial charge on any atom is -0.316 e. The summed E-state index contributed by atoms with van der Waals surface area (Å²) >= 11 is 4.04. The molecule has 1 nitrogen and oxygen atoms in total. The van der Waals surface area contributed by atoms with Gasteiger partial charge >= 0.3 is 0 Å². The molecule has 0 bridgehead atoms. The maximum absolute atomic E-state index is 13.3. The van der Waals surface area contributed by atoms with E-state index in [1.54, 1.807) is 6.07 Å². The molecule has 20 heavy (non-hydrogen) atoms. The second kappa shape index (κ2) is 7.66. The Morgan fingerprint density at radius 3 is 2.65 bits per heavy atom. The molecule has 112 valence electrons. The lowest BCUT2D eigenvalue weighted by Crippen LogP contribution is -2.45. The summed E-state index contributed by atoms with van der Waals surface area (Å²) in [5.74, 6) is 0.849. The molecule has 1 saturated heterocycles. The lowest BCUT2D eigenvalue weighted by Gasteiger charge is -2.36. The van der Waals surface area contributed by atoms with Crippen LogP contribution >= 0.6 is 23.5 Å². The van der Waals surface area contributed by atoms with Gasteiger partial charge in [-0.1, -0.05) is 13.0 Å². The van der Waals surface area contributed by atoms with Gasteiger partial charge in [-0.15, -0.1) is 0 Å². The fraction of sp³-hybridized carbons (Fsp3) is 0.600. The van der Waals surface area contributed by atoms with E-state index in [0.29, 0.717) is 16.5 Å². The third-order valence-electron chi connectivity index (χ3n) is 3.70. The van der Waals surface area contributed by atoms with E-state index >= 15 is 0 Å². The number of halogens is 2. The summed E-state index contributed by atoms with van der Waals surface area (Å²) in [5.41, 5.74) is 0.856. The Kier molecular flexibility index (Phi) is 6.18. The van der Waals surface area contributed by atoms with Gasteiger partial charge in [-0.05, 0) is 37.6 Å². The van der Waals surface area contributed by atoms with Crippen molar-refractivity contribution >= 4 is 23.5 Å². The Morgan fingerprint density at radius 2 is 2.00 bits per heavy atom. The Bertz CT molecular complexity index is 442. The highest BCUT2D eigenvalue weighted by Gasteiger charge is 2.31. The summed E-state index contributed by atoms with van der Waals surface area (Å²) < 4.78 is 26.3. The quantitative estimate of drug-likeness (QED) is 0.889. The Morgan fingerprint density at radius 1 is 1.25 bits per heavy atom. The monoisotopic (exact) mass is 317 g/mol. The third-order valence-corrected chi connectivity index (χ3v) is 7.11. The molecule has 1 aliphatic rings. The number of hydrogen-bond acceptors (Lipinski definition) is 3. The van der Waals surface area contributed by atoms with Crippen LogP contribution in [0.25, 0.3) is 0 Å². The molecule has 1 aliphatic heterocycles. The molecular weight excluding hydrogens is 296 g/mol. The van der Waals surface area contributed by atoms with Crippen LogP contribution in [0, 0.1) is 11.6 Å². The predicted octanol–water partition coefficient (Wildman–Crippen LogP) is 3.72. The molecule has 1 heterocycles. The normalized spacial score (nSPS) is 24.6. The summed E-state index contributed by atoms with van der Waals surface area (Å²) in [7, 11) is 1.96. The maximum atomic E-state index is 13.3. The molecule has 5 heteroatoms. The Hall–Kier alpha value is -0.260. The molecule has 0 aromatic heterocycles. The summed E-state index contributed by atoms with van der Waals surface area (Å²) in [6.07, 6.45) is 1.89. The van der Waals surface area contributed by atoms with Crippen LogP contribution in [0.1, 0.15) is 18.9 Å². The average molecular weight is 317 g/mol. The van der Waals surface area contributed by atoms with E-state index in [2.05, 4.69) is 12.2 Å². The summed E-state index contributed by atoms with van der Waals surface area (Å²) in [6.45, 7) is 2.22. The highest BCUT2D eigenvalue weighted by molar-refractivity contribution is 8.07. The molecule has 1 N–H and O–H groups in total. The maximum Gasteiger partial charge on any atom is 0.159 e. The second-order valence-corrected chi connectivity index (χ2v) is 7.63. The first-order chi connectivity index (χ1) is 9.65. The van der Waals surface area contributed by atoms with E-state index in [1.165, 1.54) is 23.6 Å². The Labute approximate surface area is 128 Å². The first-order valence-corrected chi connectivity index (χ1v) is 9.09. The number of benzene rings is 1. The molecule has 0 radical (unpaired) electrons. The van der Waals surface area contributed by atoms with Gasteiger partial charge in [-0.2, -0.15) is 23.5 Å². The first-order valence-electron chi connectivity index (χ1n) is 7.00. The van der Waals surface area contributed by atoms with Crippen molar-refractivity contribution in [1.29, 1.82) is 0 Å². The van der Waals surface area contributed by atoms with Crippen molar-refractivity contribution in [3.63, 3.8) is 0 Å². The molecular formula is C15H21F2NS2. The van der Waals surface area contributed by atoms with Gasteiger partial charge in [-0.25, -0.2) is 8.78 Å². The number of rotatable bonds is 5. The summed E-state index contributed by atoms with van der Waals surface area (Å²) in [6, 6.07) is 4.52. The van der Waals surface area contributed by atoms with Crippen molar-refractivity contribution < 1.29 is 8.78 Å². The Balaban J connectivity index is 2.09. The van der Waals surface area contributed by atoms with Crippen LogP contribution in [0.5, 0.6) is 0 Å². The number of thioether (sulfide) groups is 2. The molecule has 0 aliphatic carbocycles. The van der Waals surface area contributed by atoms with E-state index in [1.807, 2.05) is 30.6 Å². The van der Waals surface area contributed by atoms with E-state index in [0.717, 1.165) is 18.4 Å². The summed E-state index contributed by atoms with van der Waals surface area (Å²) in [5, 5.41) is 4.53. The third kappa shape index (κ3) is 3.89. The molecule has 0 amide bonds. The molecule has 1 aromatic rings. The smallest absolute Gasteiger partial charge is 0.159 e. The zero-order valence-corrected chi connectivity index (χ0v) is 13.5. The van der Waals surface area contributed by atoms with Crippen LogP contribution in [-0.4, -0.2) is 35.1 Å². The minimum atomic E-state index is -0.774. The van der Waals surface area contributed by atoms with Gasteiger partial charge in [-0.3, -0.25) is 0 Å². The van der Waals surface area contributed by atoms with Crippen LogP contribution in [-0.2, 0) is 6.42 Å². The van der Waals surface area contributed by atoms with E-state index in [4.69, 9.17) is 0 Å². The fourth-order valence-corrected chi connectivity index (χ4v) is 5.92. The molecule has 1 aromatic carbocycles. The minimum absolute atomic E-state index is 0.294. The van der Waals surface area contributed by atoms with Crippen LogP contribution < -0.4 is 5.32 Å². The van der Waals surface area contributed by atoms with E-state index in [9.17, 15) is 8.78 Å². The highest BCUT2D eigenvalue weighted by atomic mass is 32.2. The van der Waals surface area contributed by atoms with Crippen molar-refractivity contribution in [2.24, 2.45) is 0 Å². The van der Waals surface area contributed by atoms with Gasteiger partial charge in [0, 0.05) is 28.0 Å². The second-order valence-electron chi connectivity index (χ2n) is 5.00. The standard InChI is InChI=1S/C15H21F2NS2/c1-3-14-15(20-7-6-19-14)13(18-2)9-10-4-5-11(16)12(17)8-10/h4-5,8,13-15,18H,3,6-7,9H2,1-2H3. The number of nitrogens with one attached hydrogen (secondary N) is 1. The van der Waals surface area contributed by atoms with Gasteiger partial charge in [0.05, 0.1) is 0 Å². The van der Waals surface area contributed by atoms with Crippen molar-refractivity contribution in [1.82, 2.24) is 5.32 Å². The highest BCUT2D eigenvalue weighted by Crippen LogP contribution is 2.36. The SMILES string of the molecule is CCC1SCCSC1C(Cc1ccc(F)c(F)c1)NC. The molecule has 0 spiro atoms. The largest absolute Gasteiger partial charge is 0.316 e. The summed E-state index contributed by atoms with van der Waals surface area (Å²) in [4.78, 5) is 0. The molecule has 3 unspecified atom stereocenters. The molecule has 2 rings (SSSR count). The lowest BCUT2D eigenvalue weighted by atomic mass is 10.00.